The Morgan fingerprint density at radius 2 is 1.81 bits per heavy atom. The minimum absolute atomic E-state index is 0.140. The SMILES string of the molecule is COc1ccc(OC(C)C(=O)NCc2ccc(OCC(F)(F)F)nc2)cc1. The Bertz CT molecular complexity index is 734. The lowest BCUT2D eigenvalue weighted by Crippen LogP contribution is -2.35. The molecule has 1 unspecified atom stereocenters. The van der Waals surface area contributed by atoms with E-state index < -0.39 is 18.9 Å². The van der Waals surface area contributed by atoms with Crippen LogP contribution in [0.15, 0.2) is 42.6 Å². The first-order valence-corrected chi connectivity index (χ1v) is 8.00. The second kappa shape index (κ2) is 9.11. The first-order valence-electron chi connectivity index (χ1n) is 8.00. The predicted molar refractivity (Wildman–Crippen MR) is 90.7 cm³/mol. The van der Waals surface area contributed by atoms with Gasteiger partial charge in [0.25, 0.3) is 5.91 Å². The van der Waals surface area contributed by atoms with E-state index in [2.05, 4.69) is 15.0 Å². The maximum absolute atomic E-state index is 12.1. The van der Waals surface area contributed by atoms with Gasteiger partial charge in [0, 0.05) is 18.8 Å². The van der Waals surface area contributed by atoms with Crippen molar-refractivity contribution < 1.29 is 32.2 Å². The van der Waals surface area contributed by atoms with E-state index >= 15 is 0 Å². The summed E-state index contributed by atoms with van der Waals surface area (Å²) in [7, 11) is 1.55. The van der Waals surface area contributed by atoms with Crippen LogP contribution in [0.2, 0.25) is 0 Å². The van der Waals surface area contributed by atoms with Gasteiger partial charge in [0.1, 0.15) is 11.5 Å². The lowest BCUT2D eigenvalue weighted by Gasteiger charge is -2.15. The Balaban J connectivity index is 1.79. The molecule has 0 spiro atoms. The lowest BCUT2D eigenvalue weighted by atomic mass is 10.2. The van der Waals surface area contributed by atoms with E-state index in [-0.39, 0.29) is 18.3 Å². The van der Waals surface area contributed by atoms with Crippen LogP contribution < -0.4 is 19.5 Å². The summed E-state index contributed by atoms with van der Waals surface area (Å²) in [4.78, 5) is 15.9. The molecule has 1 atom stereocenters. The molecule has 1 heterocycles. The first-order chi connectivity index (χ1) is 12.8. The van der Waals surface area contributed by atoms with Gasteiger partial charge in [0.05, 0.1) is 7.11 Å². The van der Waals surface area contributed by atoms with Crippen LogP contribution in [0.25, 0.3) is 0 Å². The Hall–Kier alpha value is -2.97. The smallest absolute Gasteiger partial charge is 0.422 e. The topological polar surface area (TPSA) is 69.7 Å². The van der Waals surface area contributed by atoms with Crippen molar-refractivity contribution in [2.24, 2.45) is 0 Å². The number of rotatable bonds is 8. The summed E-state index contributed by atoms with van der Waals surface area (Å²) in [6, 6.07) is 9.64. The molecule has 1 aromatic carbocycles. The number of hydrogen-bond acceptors (Lipinski definition) is 5. The standard InChI is InChI=1S/C18H19F3N2O4/c1-12(27-15-6-4-14(25-2)5-7-15)17(24)23-10-13-3-8-16(22-9-13)26-11-18(19,20)21/h3-9,12H,10-11H2,1-2H3,(H,23,24). The van der Waals surface area contributed by atoms with Crippen molar-refractivity contribution in [1.82, 2.24) is 10.3 Å². The molecule has 0 aliphatic carbocycles. The molecule has 0 bridgehead atoms. The van der Waals surface area contributed by atoms with Gasteiger partial charge in [-0.25, -0.2) is 4.98 Å². The van der Waals surface area contributed by atoms with Gasteiger partial charge in [-0.1, -0.05) is 6.07 Å². The number of amides is 1. The van der Waals surface area contributed by atoms with E-state index in [1.165, 1.54) is 18.3 Å². The highest BCUT2D eigenvalue weighted by Crippen LogP contribution is 2.19. The van der Waals surface area contributed by atoms with Gasteiger partial charge in [0.15, 0.2) is 12.7 Å². The molecule has 0 aliphatic heterocycles. The molecule has 0 saturated carbocycles. The van der Waals surface area contributed by atoms with Gasteiger partial charge >= 0.3 is 6.18 Å². The Morgan fingerprint density at radius 1 is 1.15 bits per heavy atom. The number of hydrogen-bond donors (Lipinski definition) is 1. The molecule has 146 valence electrons. The zero-order valence-corrected chi connectivity index (χ0v) is 14.7. The molecular weight excluding hydrogens is 365 g/mol. The van der Waals surface area contributed by atoms with Crippen LogP contribution in [0.1, 0.15) is 12.5 Å². The molecular formula is C18H19F3N2O4. The number of nitrogens with zero attached hydrogens (tertiary/aromatic N) is 1. The number of ether oxygens (including phenoxy) is 3. The van der Waals surface area contributed by atoms with Crippen LogP contribution >= 0.6 is 0 Å². The maximum Gasteiger partial charge on any atom is 0.422 e. The zero-order chi connectivity index (χ0) is 19.9. The zero-order valence-electron chi connectivity index (χ0n) is 14.7. The number of aromatic nitrogens is 1. The number of benzene rings is 1. The van der Waals surface area contributed by atoms with Crippen LogP contribution in [0.3, 0.4) is 0 Å². The molecule has 27 heavy (non-hydrogen) atoms. The number of alkyl halides is 3. The lowest BCUT2D eigenvalue weighted by molar-refractivity contribution is -0.154. The highest BCUT2D eigenvalue weighted by Gasteiger charge is 2.28. The third-order valence-electron chi connectivity index (χ3n) is 3.39. The van der Waals surface area contributed by atoms with Crippen LogP contribution in [-0.2, 0) is 11.3 Å². The monoisotopic (exact) mass is 384 g/mol. The Kier molecular flexibility index (Phi) is 6.86. The third kappa shape index (κ3) is 7.04. The molecule has 1 N–H and O–H groups in total. The summed E-state index contributed by atoms with van der Waals surface area (Å²) in [5.41, 5.74) is 0.611. The minimum Gasteiger partial charge on any atom is -0.497 e. The van der Waals surface area contributed by atoms with Crippen molar-refractivity contribution in [3.05, 3.63) is 48.2 Å². The molecule has 2 rings (SSSR count). The van der Waals surface area contributed by atoms with Crippen molar-refractivity contribution in [2.45, 2.75) is 25.7 Å². The minimum atomic E-state index is -4.42. The van der Waals surface area contributed by atoms with Gasteiger partial charge in [-0.3, -0.25) is 4.79 Å². The normalized spacial score (nSPS) is 12.2. The summed E-state index contributed by atoms with van der Waals surface area (Å²) >= 11 is 0. The molecule has 2 aromatic rings. The fourth-order valence-corrected chi connectivity index (χ4v) is 2.00. The second-order valence-corrected chi connectivity index (χ2v) is 5.56. The largest absolute Gasteiger partial charge is 0.497 e. The van der Waals surface area contributed by atoms with Gasteiger partial charge in [0.2, 0.25) is 5.88 Å². The third-order valence-corrected chi connectivity index (χ3v) is 3.39. The number of nitrogens with one attached hydrogen (secondary N) is 1. The molecule has 0 radical (unpaired) electrons. The number of carbonyl (C=O) groups excluding carboxylic acids is 1. The van der Waals surface area contributed by atoms with Crippen LogP contribution in [0, 0.1) is 0 Å². The summed E-state index contributed by atoms with van der Waals surface area (Å²) in [6.45, 7) is 0.351. The molecule has 0 saturated heterocycles. The van der Waals surface area contributed by atoms with Gasteiger partial charge in [-0.15, -0.1) is 0 Å². The highest BCUT2D eigenvalue weighted by atomic mass is 19.4. The van der Waals surface area contributed by atoms with Gasteiger partial charge in [-0.05, 0) is 36.8 Å². The maximum atomic E-state index is 12.1. The fraction of sp³-hybridized carbons (Fsp3) is 0.333. The average molecular weight is 384 g/mol. The second-order valence-electron chi connectivity index (χ2n) is 5.56. The van der Waals surface area contributed by atoms with Crippen molar-refractivity contribution >= 4 is 5.91 Å². The van der Waals surface area contributed by atoms with E-state index in [1.807, 2.05) is 0 Å². The Labute approximate surface area is 154 Å². The summed E-state index contributed by atoms with van der Waals surface area (Å²) < 4.78 is 51.3. The van der Waals surface area contributed by atoms with E-state index in [4.69, 9.17) is 9.47 Å². The fourth-order valence-electron chi connectivity index (χ4n) is 2.00. The van der Waals surface area contributed by atoms with E-state index in [0.717, 1.165) is 0 Å². The summed E-state index contributed by atoms with van der Waals surface area (Å²) in [6.07, 6.45) is -3.82. The number of carbonyl (C=O) groups is 1. The summed E-state index contributed by atoms with van der Waals surface area (Å²) in [5.74, 6) is 0.711. The summed E-state index contributed by atoms with van der Waals surface area (Å²) in [5, 5.41) is 2.67. The van der Waals surface area contributed by atoms with Crippen LogP contribution in [0.4, 0.5) is 13.2 Å². The van der Waals surface area contributed by atoms with Crippen molar-refractivity contribution in [3.63, 3.8) is 0 Å². The first kappa shape index (κ1) is 20.3. The predicted octanol–water partition coefficient (Wildman–Crippen LogP) is 3.12. The van der Waals surface area contributed by atoms with Crippen molar-refractivity contribution in [1.29, 1.82) is 0 Å². The average Bonchev–Trinajstić information content (AvgIpc) is 2.65. The van der Waals surface area contributed by atoms with Crippen LogP contribution in [-0.4, -0.2) is 36.9 Å². The van der Waals surface area contributed by atoms with Gasteiger partial charge < -0.3 is 19.5 Å². The molecule has 1 aromatic heterocycles. The molecule has 0 aliphatic rings. The quantitative estimate of drug-likeness (QED) is 0.757. The van der Waals surface area contributed by atoms with E-state index in [0.29, 0.717) is 17.1 Å². The molecule has 0 fully saturated rings. The number of pyridine rings is 1. The number of methoxy groups -OCH3 is 1. The molecule has 1 amide bonds. The van der Waals surface area contributed by atoms with Crippen molar-refractivity contribution in [3.8, 4) is 17.4 Å². The Morgan fingerprint density at radius 3 is 2.37 bits per heavy atom. The highest BCUT2D eigenvalue weighted by molar-refractivity contribution is 5.80. The van der Waals surface area contributed by atoms with Gasteiger partial charge in [-0.2, -0.15) is 13.2 Å². The molecule has 6 nitrogen and oxygen atoms in total. The number of halogens is 3. The van der Waals surface area contributed by atoms with Crippen LogP contribution in [0.5, 0.6) is 17.4 Å². The molecule has 9 heteroatoms. The van der Waals surface area contributed by atoms with E-state index in [9.17, 15) is 18.0 Å². The van der Waals surface area contributed by atoms with Crippen molar-refractivity contribution in [2.75, 3.05) is 13.7 Å². The van der Waals surface area contributed by atoms with E-state index in [1.54, 1.807) is 38.3 Å².